The Kier molecular flexibility index (Phi) is 4.50. The van der Waals surface area contributed by atoms with Gasteiger partial charge >= 0.3 is 0 Å². The second-order valence-corrected chi connectivity index (χ2v) is 5.26. The fraction of sp³-hybridized carbons (Fsp3) is 0.267. The van der Waals surface area contributed by atoms with Crippen molar-refractivity contribution in [2.75, 3.05) is 36.5 Å². The molecule has 2 aromatic rings. The molecule has 1 aliphatic heterocycles. The average Bonchev–Trinajstić information content (AvgIpc) is 2.56. The summed E-state index contributed by atoms with van der Waals surface area (Å²) in [5, 5.41) is 3.28. The number of benzene rings is 1. The lowest BCUT2D eigenvalue weighted by Gasteiger charge is -2.27. The van der Waals surface area contributed by atoms with Crippen molar-refractivity contribution in [3.63, 3.8) is 0 Å². The first-order valence-electron chi connectivity index (χ1n) is 6.94. The number of nitrogens with zero attached hydrogens (tertiary/aromatic N) is 3. The molecule has 1 amide bonds. The van der Waals surface area contributed by atoms with Crippen LogP contribution in [0.4, 0.5) is 11.6 Å². The molecular weight excluding hydrogens is 304 g/mol. The molecule has 7 heteroatoms. The molecule has 1 aromatic heterocycles. The van der Waals surface area contributed by atoms with Gasteiger partial charge in [-0.3, -0.25) is 4.79 Å². The van der Waals surface area contributed by atoms with Crippen molar-refractivity contribution in [3.05, 3.63) is 47.2 Å². The molecule has 0 spiro atoms. The smallest absolute Gasteiger partial charge is 0.256 e. The van der Waals surface area contributed by atoms with Crippen molar-refractivity contribution in [1.29, 1.82) is 0 Å². The van der Waals surface area contributed by atoms with Crippen molar-refractivity contribution in [3.8, 4) is 0 Å². The molecule has 0 aliphatic carbocycles. The summed E-state index contributed by atoms with van der Waals surface area (Å²) in [6.07, 6.45) is 1.44. The first-order valence-corrected chi connectivity index (χ1v) is 7.32. The standard InChI is InChI=1S/C15H15ClN4O2/c16-12-3-1-2-11(8-12)15(21)19-13-9-14(18-10-17-13)20-4-6-22-7-5-20/h1-3,8-10H,4-7H2,(H,17,18,19,21). The van der Waals surface area contributed by atoms with Gasteiger partial charge in [0.1, 0.15) is 18.0 Å². The van der Waals surface area contributed by atoms with E-state index < -0.39 is 0 Å². The summed E-state index contributed by atoms with van der Waals surface area (Å²) < 4.78 is 5.32. The molecule has 6 nitrogen and oxygen atoms in total. The van der Waals surface area contributed by atoms with Crippen LogP contribution in [0.15, 0.2) is 36.7 Å². The summed E-state index contributed by atoms with van der Waals surface area (Å²) in [6, 6.07) is 8.52. The van der Waals surface area contributed by atoms with Gasteiger partial charge in [-0.05, 0) is 18.2 Å². The number of ether oxygens (including phenoxy) is 1. The Morgan fingerprint density at radius 3 is 2.82 bits per heavy atom. The minimum absolute atomic E-state index is 0.255. The van der Waals surface area contributed by atoms with E-state index in [9.17, 15) is 4.79 Å². The number of amides is 1. The molecule has 0 radical (unpaired) electrons. The van der Waals surface area contributed by atoms with Crippen LogP contribution < -0.4 is 10.2 Å². The number of anilines is 2. The molecule has 0 atom stereocenters. The van der Waals surface area contributed by atoms with E-state index in [4.69, 9.17) is 16.3 Å². The summed E-state index contributed by atoms with van der Waals surface area (Å²) in [4.78, 5) is 22.6. The lowest BCUT2D eigenvalue weighted by molar-refractivity contribution is 0.102. The number of morpholine rings is 1. The maximum absolute atomic E-state index is 12.2. The summed E-state index contributed by atoms with van der Waals surface area (Å²) in [5.74, 6) is 0.982. The van der Waals surface area contributed by atoms with Crippen LogP contribution in [0.25, 0.3) is 0 Å². The Bertz CT molecular complexity index is 674. The van der Waals surface area contributed by atoms with Gasteiger partial charge in [-0.2, -0.15) is 0 Å². The number of nitrogens with one attached hydrogen (secondary N) is 1. The van der Waals surface area contributed by atoms with Gasteiger partial charge in [-0.15, -0.1) is 0 Å². The third kappa shape index (κ3) is 3.52. The van der Waals surface area contributed by atoms with Gasteiger partial charge in [-0.25, -0.2) is 9.97 Å². The second-order valence-electron chi connectivity index (χ2n) is 4.83. The van der Waals surface area contributed by atoms with Crippen LogP contribution in [0, 0.1) is 0 Å². The molecule has 0 unspecified atom stereocenters. The van der Waals surface area contributed by atoms with E-state index in [0.717, 1.165) is 18.9 Å². The van der Waals surface area contributed by atoms with E-state index in [2.05, 4.69) is 20.2 Å². The molecule has 22 heavy (non-hydrogen) atoms. The zero-order chi connectivity index (χ0) is 15.4. The van der Waals surface area contributed by atoms with Crippen LogP contribution in [0.2, 0.25) is 5.02 Å². The summed E-state index contributed by atoms with van der Waals surface area (Å²) in [7, 11) is 0. The van der Waals surface area contributed by atoms with Crippen LogP contribution in [0.1, 0.15) is 10.4 Å². The van der Waals surface area contributed by atoms with Crippen LogP contribution in [-0.2, 0) is 4.74 Å². The number of hydrogen-bond acceptors (Lipinski definition) is 5. The highest BCUT2D eigenvalue weighted by Gasteiger charge is 2.14. The first-order chi connectivity index (χ1) is 10.7. The van der Waals surface area contributed by atoms with Crippen molar-refractivity contribution in [1.82, 2.24) is 9.97 Å². The summed E-state index contributed by atoms with van der Waals surface area (Å²) in [6.45, 7) is 2.90. The molecular formula is C15H15ClN4O2. The Hall–Kier alpha value is -2.18. The highest BCUT2D eigenvalue weighted by atomic mass is 35.5. The maximum atomic E-state index is 12.2. The summed E-state index contributed by atoms with van der Waals surface area (Å²) >= 11 is 5.89. The molecule has 0 saturated carbocycles. The minimum Gasteiger partial charge on any atom is -0.378 e. The van der Waals surface area contributed by atoms with Crippen LogP contribution in [0.3, 0.4) is 0 Å². The maximum Gasteiger partial charge on any atom is 0.256 e. The first kappa shape index (κ1) is 14.7. The van der Waals surface area contributed by atoms with Gasteiger partial charge in [0.15, 0.2) is 0 Å². The molecule has 1 saturated heterocycles. The highest BCUT2D eigenvalue weighted by molar-refractivity contribution is 6.31. The molecule has 1 aromatic carbocycles. The van der Waals surface area contributed by atoms with Crippen LogP contribution in [0.5, 0.6) is 0 Å². The van der Waals surface area contributed by atoms with Gasteiger partial charge in [0, 0.05) is 29.7 Å². The highest BCUT2D eigenvalue weighted by Crippen LogP contribution is 2.17. The Balaban J connectivity index is 1.73. The predicted molar refractivity (Wildman–Crippen MR) is 84.5 cm³/mol. The fourth-order valence-corrected chi connectivity index (χ4v) is 2.39. The van der Waals surface area contributed by atoms with E-state index in [0.29, 0.717) is 29.6 Å². The van der Waals surface area contributed by atoms with E-state index in [1.54, 1.807) is 30.3 Å². The van der Waals surface area contributed by atoms with E-state index in [-0.39, 0.29) is 5.91 Å². The third-order valence-corrected chi connectivity index (χ3v) is 3.55. The Morgan fingerprint density at radius 1 is 1.23 bits per heavy atom. The van der Waals surface area contributed by atoms with Gasteiger partial charge < -0.3 is 15.0 Å². The van der Waals surface area contributed by atoms with Gasteiger partial charge in [0.2, 0.25) is 0 Å². The molecule has 2 heterocycles. The van der Waals surface area contributed by atoms with Gasteiger partial charge in [0.05, 0.1) is 13.2 Å². The fourth-order valence-electron chi connectivity index (χ4n) is 2.20. The lowest BCUT2D eigenvalue weighted by Crippen LogP contribution is -2.36. The average molecular weight is 319 g/mol. The number of carbonyl (C=O) groups excluding carboxylic acids is 1. The Labute approximate surface area is 133 Å². The zero-order valence-corrected chi connectivity index (χ0v) is 12.6. The topological polar surface area (TPSA) is 67.4 Å². The van der Waals surface area contributed by atoms with Gasteiger partial charge in [0.25, 0.3) is 5.91 Å². The quantitative estimate of drug-likeness (QED) is 0.940. The molecule has 0 bridgehead atoms. The number of carbonyl (C=O) groups is 1. The van der Waals surface area contributed by atoms with E-state index in [1.807, 2.05) is 0 Å². The van der Waals surface area contributed by atoms with E-state index in [1.165, 1.54) is 6.33 Å². The van der Waals surface area contributed by atoms with Crippen molar-refractivity contribution >= 4 is 29.1 Å². The predicted octanol–water partition coefficient (Wildman–Crippen LogP) is 2.22. The monoisotopic (exact) mass is 318 g/mol. The number of rotatable bonds is 3. The number of hydrogen-bond donors (Lipinski definition) is 1. The molecule has 1 N–H and O–H groups in total. The number of halogens is 1. The SMILES string of the molecule is O=C(Nc1cc(N2CCOCC2)ncn1)c1cccc(Cl)c1. The lowest BCUT2D eigenvalue weighted by atomic mass is 10.2. The minimum atomic E-state index is -0.255. The summed E-state index contributed by atoms with van der Waals surface area (Å²) in [5.41, 5.74) is 0.485. The van der Waals surface area contributed by atoms with Crippen molar-refractivity contribution in [2.45, 2.75) is 0 Å². The molecule has 1 fully saturated rings. The second kappa shape index (κ2) is 6.72. The van der Waals surface area contributed by atoms with E-state index >= 15 is 0 Å². The largest absolute Gasteiger partial charge is 0.378 e. The zero-order valence-electron chi connectivity index (χ0n) is 11.8. The normalized spacial score (nSPS) is 14.7. The molecule has 3 rings (SSSR count). The molecule has 114 valence electrons. The molecule has 1 aliphatic rings. The van der Waals surface area contributed by atoms with Crippen molar-refractivity contribution < 1.29 is 9.53 Å². The van der Waals surface area contributed by atoms with Crippen LogP contribution >= 0.6 is 11.6 Å². The van der Waals surface area contributed by atoms with Gasteiger partial charge in [-0.1, -0.05) is 17.7 Å². The number of aromatic nitrogens is 2. The third-order valence-electron chi connectivity index (χ3n) is 3.32. The van der Waals surface area contributed by atoms with Crippen LogP contribution in [-0.4, -0.2) is 42.2 Å². The Morgan fingerprint density at radius 2 is 2.05 bits per heavy atom. The van der Waals surface area contributed by atoms with Crippen molar-refractivity contribution in [2.24, 2.45) is 0 Å².